The Morgan fingerprint density at radius 3 is 2.45 bits per heavy atom. The van der Waals surface area contributed by atoms with E-state index in [-0.39, 0.29) is 18.0 Å². The summed E-state index contributed by atoms with van der Waals surface area (Å²) in [4.78, 5) is 10.9. The van der Waals surface area contributed by atoms with Crippen LogP contribution in [0, 0.1) is 11.6 Å². The summed E-state index contributed by atoms with van der Waals surface area (Å²) in [5, 5.41) is 2.55. The van der Waals surface area contributed by atoms with Gasteiger partial charge in [-0.3, -0.25) is 9.52 Å². The third-order valence-corrected chi connectivity index (χ3v) is 4.50. The molecule has 1 heterocycles. The second-order valence-electron chi connectivity index (χ2n) is 4.78. The summed E-state index contributed by atoms with van der Waals surface area (Å²) >= 11 is 0. The fourth-order valence-corrected chi connectivity index (χ4v) is 3.34. The number of benzene rings is 2. The van der Waals surface area contributed by atoms with Crippen LogP contribution in [0.1, 0.15) is 5.56 Å². The number of fused-ring (bicyclic) bond motifs is 1. The standard InChI is InChI=1S/C14H10F2N2O3S/c15-9-5-10(16)7-11(6-9)22(20,21)18-12-3-1-2-8-4-13(19)17-14(8)12/h1-3,5-7,18H,4H2,(H,17,19). The molecule has 0 radical (unpaired) electrons. The van der Waals surface area contributed by atoms with Crippen LogP contribution in [0.25, 0.3) is 0 Å². The highest BCUT2D eigenvalue weighted by Gasteiger charge is 2.24. The minimum Gasteiger partial charge on any atom is -0.324 e. The summed E-state index contributed by atoms with van der Waals surface area (Å²) in [6, 6.07) is 6.74. The molecular weight excluding hydrogens is 314 g/mol. The van der Waals surface area contributed by atoms with Crippen LogP contribution in [-0.4, -0.2) is 14.3 Å². The van der Waals surface area contributed by atoms with E-state index in [0.717, 1.165) is 0 Å². The first-order valence-electron chi connectivity index (χ1n) is 6.26. The van der Waals surface area contributed by atoms with Crippen LogP contribution in [0.15, 0.2) is 41.3 Å². The van der Waals surface area contributed by atoms with Gasteiger partial charge in [0.05, 0.1) is 22.7 Å². The fourth-order valence-electron chi connectivity index (χ4n) is 2.22. The van der Waals surface area contributed by atoms with Crippen LogP contribution < -0.4 is 10.0 Å². The SMILES string of the molecule is O=C1Cc2cccc(NS(=O)(=O)c3cc(F)cc(F)c3)c2N1. The summed E-state index contributed by atoms with van der Waals surface area (Å²) in [7, 11) is -4.18. The first-order chi connectivity index (χ1) is 10.3. The Morgan fingerprint density at radius 1 is 1.09 bits per heavy atom. The molecule has 2 N–H and O–H groups in total. The molecule has 0 saturated carbocycles. The van der Waals surface area contributed by atoms with Crippen molar-refractivity contribution in [3.05, 3.63) is 53.6 Å². The third kappa shape index (κ3) is 2.64. The minimum atomic E-state index is -4.18. The van der Waals surface area contributed by atoms with Crippen LogP contribution in [0.2, 0.25) is 0 Å². The molecule has 0 atom stereocenters. The van der Waals surface area contributed by atoms with Crippen molar-refractivity contribution >= 4 is 27.3 Å². The molecule has 3 rings (SSSR count). The maximum Gasteiger partial charge on any atom is 0.262 e. The summed E-state index contributed by atoms with van der Waals surface area (Å²) in [5.74, 6) is -2.24. The molecule has 0 aromatic heterocycles. The van der Waals surface area contributed by atoms with Crippen molar-refractivity contribution in [2.24, 2.45) is 0 Å². The molecule has 1 aliphatic rings. The molecule has 114 valence electrons. The van der Waals surface area contributed by atoms with Crippen molar-refractivity contribution in [2.75, 3.05) is 10.0 Å². The van der Waals surface area contributed by atoms with E-state index in [9.17, 15) is 22.0 Å². The van der Waals surface area contributed by atoms with Gasteiger partial charge in [-0.05, 0) is 23.8 Å². The van der Waals surface area contributed by atoms with Crippen molar-refractivity contribution in [3.63, 3.8) is 0 Å². The number of hydrogen-bond donors (Lipinski definition) is 2. The van der Waals surface area contributed by atoms with Gasteiger partial charge in [-0.15, -0.1) is 0 Å². The van der Waals surface area contributed by atoms with Gasteiger partial charge in [0.1, 0.15) is 11.6 Å². The predicted molar refractivity (Wildman–Crippen MR) is 75.9 cm³/mol. The molecule has 2 aromatic rings. The quantitative estimate of drug-likeness (QED) is 0.909. The van der Waals surface area contributed by atoms with Crippen molar-refractivity contribution in [1.29, 1.82) is 0 Å². The van der Waals surface area contributed by atoms with Gasteiger partial charge in [-0.2, -0.15) is 0 Å². The number of rotatable bonds is 3. The van der Waals surface area contributed by atoms with Crippen LogP contribution >= 0.6 is 0 Å². The molecule has 0 saturated heterocycles. The molecule has 0 fully saturated rings. The number of nitrogens with one attached hydrogen (secondary N) is 2. The zero-order valence-electron chi connectivity index (χ0n) is 11.1. The highest BCUT2D eigenvalue weighted by Crippen LogP contribution is 2.32. The molecule has 5 nitrogen and oxygen atoms in total. The number of carbonyl (C=O) groups is 1. The van der Waals surface area contributed by atoms with Crippen molar-refractivity contribution in [2.45, 2.75) is 11.3 Å². The Labute approximate surface area is 125 Å². The molecule has 1 aliphatic heterocycles. The predicted octanol–water partition coefficient (Wildman–Crippen LogP) is 2.26. The molecule has 22 heavy (non-hydrogen) atoms. The largest absolute Gasteiger partial charge is 0.324 e. The second-order valence-corrected chi connectivity index (χ2v) is 6.46. The first-order valence-corrected chi connectivity index (χ1v) is 7.74. The third-order valence-electron chi connectivity index (χ3n) is 3.16. The van der Waals surface area contributed by atoms with Crippen molar-refractivity contribution < 1.29 is 22.0 Å². The Morgan fingerprint density at radius 2 is 1.77 bits per heavy atom. The van der Waals surface area contributed by atoms with Gasteiger partial charge >= 0.3 is 0 Å². The first kappa shape index (κ1) is 14.5. The zero-order chi connectivity index (χ0) is 15.9. The van der Waals surface area contributed by atoms with Gasteiger partial charge in [-0.25, -0.2) is 17.2 Å². The van der Waals surface area contributed by atoms with Crippen LogP contribution in [-0.2, 0) is 21.2 Å². The lowest BCUT2D eigenvalue weighted by molar-refractivity contribution is -0.115. The normalized spacial score (nSPS) is 13.6. The van der Waals surface area contributed by atoms with Crippen molar-refractivity contribution in [1.82, 2.24) is 0 Å². The molecule has 8 heteroatoms. The van der Waals surface area contributed by atoms with E-state index >= 15 is 0 Å². The average Bonchev–Trinajstić information content (AvgIpc) is 2.79. The molecule has 0 aliphatic carbocycles. The van der Waals surface area contributed by atoms with E-state index in [0.29, 0.717) is 29.4 Å². The molecule has 0 unspecified atom stereocenters. The summed E-state index contributed by atoms with van der Waals surface area (Å²) in [6.07, 6.45) is 0.152. The molecular formula is C14H10F2N2O3S. The lowest BCUT2D eigenvalue weighted by Crippen LogP contribution is -2.15. The number of para-hydroxylation sites is 1. The maximum absolute atomic E-state index is 13.2. The summed E-state index contributed by atoms with van der Waals surface area (Å²) in [5.41, 5.74) is 1.15. The topological polar surface area (TPSA) is 75.3 Å². The monoisotopic (exact) mass is 324 g/mol. The van der Waals surface area contributed by atoms with Crippen LogP contribution in [0.5, 0.6) is 0 Å². The Balaban J connectivity index is 2.00. The van der Waals surface area contributed by atoms with E-state index in [1.165, 1.54) is 6.07 Å². The number of anilines is 2. The number of sulfonamides is 1. The van der Waals surface area contributed by atoms with E-state index in [1.54, 1.807) is 12.1 Å². The number of amides is 1. The minimum absolute atomic E-state index is 0.146. The van der Waals surface area contributed by atoms with Gasteiger partial charge in [0.2, 0.25) is 5.91 Å². The molecule has 0 bridgehead atoms. The summed E-state index contributed by atoms with van der Waals surface area (Å²) < 4.78 is 53.1. The smallest absolute Gasteiger partial charge is 0.262 e. The lowest BCUT2D eigenvalue weighted by Gasteiger charge is -2.12. The molecule has 1 amide bonds. The van der Waals surface area contributed by atoms with Crippen LogP contribution in [0.4, 0.5) is 20.2 Å². The molecule has 2 aromatic carbocycles. The van der Waals surface area contributed by atoms with Crippen LogP contribution in [0.3, 0.4) is 0 Å². The average molecular weight is 324 g/mol. The lowest BCUT2D eigenvalue weighted by atomic mass is 10.1. The van der Waals surface area contributed by atoms with Gasteiger partial charge in [0.15, 0.2) is 0 Å². The Kier molecular flexibility index (Phi) is 3.32. The number of halogens is 2. The Hall–Kier alpha value is -2.48. The Bertz CT molecular complexity index is 861. The zero-order valence-corrected chi connectivity index (χ0v) is 11.9. The second kappa shape index (κ2) is 5.06. The fraction of sp³-hybridized carbons (Fsp3) is 0.0714. The van der Waals surface area contributed by atoms with Gasteiger partial charge in [0.25, 0.3) is 10.0 Å². The van der Waals surface area contributed by atoms with Gasteiger partial charge < -0.3 is 5.32 Å². The van der Waals surface area contributed by atoms with Gasteiger partial charge in [-0.1, -0.05) is 12.1 Å². The van der Waals surface area contributed by atoms with Crippen molar-refractivity contribution in [3.8, 4) is 0 Å². The van der Waals surface area contributed by atoms with E-state index in [1.807, 2.05) is 0 Å². The van der Waals surface area contributed by atoms with E-state index < -0.39 is 26.6 Å². The molecule has 0 spiro atoms. The maximum atomic E-state index is 13.2. The van der Waals surface area contributed by atoms with Gasteiger partial charge in [0, 0.05) is 6.07 Å². The highest BCUT2D eigenvalue weighted by atomic mass is 32.2. The van der Waals surface area contributed by atoms with E-state index in [2.05, 4.69) is 10.0 Å². The number of carbonyl (C=O) groups excluding carboxylic acids is 1. The summed E-state index contributed by atoms with van der Waals surface area (Å²) in [6.45, 7) is 0. The highest BCUT2D eigenvalue weighted by molar-refractivity contribution is 7.92. The van der Waals surface area contributed by atoms with E-state index in [4.69, 9.17) is 0 Å². The number of hydrogen-bond acceptors (Lipinski definition) is 3.